The Hall–Kier alpha value is -0.580. The SMILES string of the molecule is CC1CN2CCCCC2CN1c1ccc([C@H](C)O)c(Br)c1. The fourth-order valence-corrected chi connectivity index (χ4v) is 4.44. The number of nitrogens with zero attached hydrogens (tertiary/aromatic N) is 2. The van der Waals surface area contributed by atoms with Crippen molar-refractivity contribution in [3.63, 3.8) is 0 Å². The van der Waals surface area contributed by atoms with Crippen LogP contribution in [0, 0.1) is 0 Å². The van der Waals surface area contributed by atoms with Gasteiger partial charge in [-0.2, -0.15) is 0 Å². The van der Waals surface area contributed by atoms with Gasteiger partial charge in [-0.1, -0.05) is 28.4 Å². The number of hydrogen-bond donors (Lipinski definition) is 1. The second-order valence-corrected chi connectivity index (χ2v) is 7.38. The number of rotatable bonds is 2. The first-order valence-corrected chi connectivity index (χ1v) is 8.84. The van der Waals surface area contributed by atoms with Crippen LogP contribution in [0.2, 0.25) is 0 Å². The molecule has 2 aliphatic heterocycles. The lowest BCUT2D eigenvalue weighted by molar-refractivity contribution is 0.115. The van der Waals surface area contributed by atoms with E-state index in [4.69, 9.17) is 0 Å². The van der Waals surface area contributed by atoms with Gasteiger partial charge < -0.3 is 10.0 Å². The fourth-order valence-electron chi connectivity index (χ4n) is 3.75. The van der Waals surface area contributed by atoms with Crippen molar-refractivity contribution in [2.24, 2.45) is 0 Å². The summed E-state index contributed by atoms with van der Waals surface area (Å²) >= 11 is 3.61. The fraction of sp³-hybridized carbons (Fsp3) is 0.647. The molecule has 0 bridgehead atoms. The van der Waals surface area contributed by atoms with Crippen LogP contribution in [0.4, 0.5) is 5.69 Å². The highest BCUT2D eigenvalue weighted by molar-refractivity contribution is 9.10. The summed E-state index contributed by atoms with van der Waals surface area (Å²) in [5, 5.41) is 9.76. The molecular formula is C17H25BrN2O. The summed E-state index contributed by atoms with van der Waals surface area (Å²) in [6.07, 6.45) is 3.63. The quantitative estimate of drug-likeness (QED) is 0.881. The van der Waals surface area contributed by atoms with Crippen LogP contribution in [-0.4, -0.2) is 41.7 Å². The second-order valence-electron chi connectivity index (χ2n) is 6.53. The standard InChI is InChI=1S/C17H25BrN2O/c1-12-10-19-8-4-3-5-15(19)11-20(12)14-6-7-16(13(2)21)17(18)9-14/h6-7,9,12-13,15,21H,3-5,8,10-11H2,1-2H3/t12?,13-,15?/m0/s1. The van der Waals surface area contributed by atoms with Crippen molar-refractivity contribution in [2.45, 2.75) is 51.3 Å². The van der Waals surface area contributed by atoms with Gasteiger partial charge in [0.2, 0.25) is 0 Å². The predicted octanol–water partition coefficient (Wildman–Crippen LogP) is 3.57. The van der Waals surface area contributed by atoms with Gasteiger partial charge in [-0.15, -0.1) is 0 Å². The first-order valence-electron chi connectivity index (χ1n) is 8.04. The summed E-state index contributed by atoms with van der Waals surface area (Å²) in [7, 11) is 0. The zero-order chi connectivity index (χ0) is 15.0. The Kier molecular flexibility index (Phi) is 4.57. The average molecular weight is 353 g/mol. The summed E-state index contributed by atoms with van der Waals surface area (Å²) in [5.41, 5.74) is 2.23. The highest BCUT2D eigenvalue weighted by atomic mass is 79.9. The first-order chi connectivity index (χ1) is 10.1. The number of piperidine rings is 1. The number of hydrogen-bond acceptors (Lipinski definition) is 3. The molecular weight excluding hydrogens is 328 g/mol. The van der Waals surface area contributed by atoms with Crippen LogP contribution in [0.5, 0.6) is 0 Å². The van der Waals surface area contributed by atoms with Crippen LogP contribution >= 0.6 is 15.9 Å². The van der Waals surface area contributed by atoms with Gasteiger partial charge in [-0.3, -0.25) is 4.90 Å². The summed E-state index contributed by atoms with van der Waals surface area (Å²) in [4.78, 5) is 5.20. The van der Waals surface area contributed by atoms with E-state index in [1.54, 1.807) is 0 Å². The number of halogens is 1. The molecule has 4 heteroatoms. The molecule has 3 atom stereocenters. The van der Waals surface area contributed by atoms with Crippen LogP contribution in [-0.2, 0) is 0 Å². The minimum atomic E-state index is -0.430. The maximum atomic E-state index is 9.76. The van der Waals surface area contributed by atoms with E-state index in [0.717, 1.165) is 16.6 Å². The minimum Gasteiger partial charge on any atom is -0.389 e. The second kappa shape index (κ2) is 6.27. The molecule has 2 aliphatic rings. The smallest absolute Gasteiger partial charge is 0.0772 e. The summed E-state index contributed by atoms with van der Waals surface area (Å²) in [5.74, 6) is 0. The summed E-state index contributed by atoms with van der Waals surface area (Å²) in [6, 6.07) is 7.62. The van der Waals surface area contributed by atoms with Crippen molar-refractivity contribution in [3.8, 4) is 0 Å². The molecule has 1 N–H and O–H groups in total. The molecule has 0 aromatic heterocycles. The first kappa shape index (κ1) is 15.3. The normalized spacial score (nSPS) is 28.3. The van der Waals surface area contributed by atoms with Gasteiger partial charge in [-0.05, 0) is 50.9 Å². The van der Waals surface area contributed by atoms with Gasteiger partial charge in [0.15, 0.2) is 0 Å². The monoisotopic (exact) mass is 352 g/mol. The topological polar surface area (TPSA) is 26.7 Å². The van der Waals surface area contributed by atoms with Crippen molar-refractivity contribution < 1.29 is 5.11 Å². The Morgan fingerprint density at radius 2 is 2.10 bits per heavy atom. The van der Waals surface area contributed by atoms with Gasteiger partial charge in [0, 0.05) is 35.3 Å². The third-order valence-corrected chi connectivity index (χ3v) is 5.64. The molecule has 2 heterocycles. The number of benzene rings is 1. The Labute approximate surface area is 136 Å². The van der Waals surface area contributed by atoms with E-state index >= 15 is 0 Å². The lowest BCUT2D eigenvalue weighted by atomic mass is 9.96. The van der Waals surface area contributed by atoms with E-state index in [1.165, 1.54) is 38.0 Å². The molecule has 0 radical (unpaired) electrons. The van der Waals surface area contributed by atoms with Gasteiger partial charge in [-0.25, -0.2) is 0 Å². The zero-order valence-corrected chi connectivity index (χ0v) is 14.5. The van der Waals surface area contributed by atoms with Crippen LogP contribution in [0.1, 0.15) is 44.8 Å². The van der Waals surface area contributed by atoms with Crippen molar-refractivity contribution >= 4 is 21.6 Å². The third kappa shape index (κ3) is 3.13. The van der Waals surface area contributed by atoms with Crippen molar-refractivity contribution in [3.05, 3.63) is 28.2 Å². The molecule has 2 fully saturated rings. The molecule has 0 aliphatic carbocycles. The maximum Gasteiger partial charge on any atom is 0.0772 e. The number of aliphatic hydroxyl groups excluding tert-OH is 1. The summed E-state index contributed by atoms with van der Waals surface area (Å²) in [6.45, 7) is 7.69. The predicted molar refractivity (Wildman–Crippen MR) is 90.8 cm³/mol. The zero-order valence-electron chi connectivity index (χ0n) is 12.9. The van der Waals surface area contributed by atoms with Crippen LogP contribution in [0.15, 0.2) is 22.7 Å². The van der Waals surface area contributed by atoms with Gasteiger partial charge in [0.05, 0.1) is 6.10 Å². The average Bonchev–Trinajstić information content (AvgIpc) is 2.46. The Balaban J connectivity index is 1.81. The largest absolute Gasteiger partial charge is 0.389 e. The minimum absolute atomic E-state index is 0.430. The van der Waals surface area contributed by atoms with Gasteiger partial charge >= 0.3 is 0 Å². The number of piperazine rings is 1. The van der Waals surface area contributed by atoms with Crippen molar-refractivity contribution in [1.82, 2.24) is 4.90 Å². The number of fused-ring (bicyclic) bond motifs is 1. The number of anilines is 1. The molecule has 3 nitrogen and oxygen atoms in total. The van der Waals surface area contributed by atoms with Crippen LogP contribution in [0.25, 0.3) is 0 Å². The van der Waals surface area contributed by atoms with Gasteiger partial charge in [0.1, 0.15) is 0 Å². The third-order valence-electron chi connectivity index (χ3n) is 4.95. The molecule has 2 unspecified atom stereocenters. The van der Waals surface area contributed by atoms with Gasteiger partial charge in [0.25, 0.3) is 0 Å². The Morgan fingerprint density at radius 3 is 2.81 bits per heavy atom. The highest BCUT2D eigenvalue weighted by Crippen LogP contribution is 2.32. The molecule has 2 saturated heterocycles. The van der Waals surface area contributed by atoms with E-state index in [-0.39, 0.29) is 0 Å². The van der Waals surface area contributed by atoms with E-state index < -0.39 is 6.10 Å². The summed E-state index contributed by atoms with van der Waals surface area (Å²) < 4.78 is 1.01. The van der Waals surface area contributed by atoms with E-state index in [2.05, 4.69) is 44.8 Å². The van der Waals surface area contributed by atoms with E-state index in [1.807, 2.05) is 13.0 Å². The molecule has 3 rings (SSSR count). The van der Waals surface area contributed by atoms with Crippen LogP contribution in [0.3, 0.4) is 0 Å². The molecule has 0 saturated carbocycles. The maximum absolute atomic E-state index is 9.76. The Bertz CT molecular complexity index is 506. The molecule has 116 valence electrons. The van der Waals surface area contributed by atoms with Crippen molar-refractivity contribution in [1.29, 1.82) is 0 Å². The van der Waals surface area contributed by atoms with E-state index in [0.29, 0.717) is 12.1 Å². The molecule has 1 aromatic rings. The van der Waals surface area contributed by atoms with Crippen LogP contribution < -0.4 is 4.90 Å². The van der Waals surface area contributed by atoms with E-state index in [9.17, 15) is 5.11 Å². The van der Waals surface area contributed by atoms with Crippen molar-refractivity contribution in [2.75, 3.05) is 24.5 Å². The molecule has 0 amide bonds. The highest BCUT2D eigenvalue weighted by Gasteiger charge is 2.33. The molecule has 0 spiro atoms. The lowest BCUT2D eigenvalue weighted by Gasteiger charge is -2.48. The number of aliphatic hydroxyl groups is 1. The molecule has 1 aromatic carbocycles. The lowest BCUT2D eigenvalue weighted by Crippen LogP contribution is -2.58. The molecule has 21 heavy (non-hydrogen) atoms. The Morgan fingerprint density at radius 1 is 1.29 bits per heavy atom.